The summed E-state index contributed by atoms with van der Waals surface area (Å²) in [5.41, 5.74) is 6.32. The third-order valence-corrected chi connectivity index (χ3v) is 3.86. The Kier molecular flexibility index (Phi) is 4.66. The molecule has 2 N–H and O–H groups in total. The Balaban J connectivity index is 2.11. The molecule has 0 spiro atoms. The summed E-state index contributed by atoms with van der Waals surface area (Å²) in [6.45, 7) is 5.43. The summed E-state index contributed by atoms with van der Waals surface area (Å²) in [6, 6.07) is 0.580. The van der Waals surface area contributed by atoms with Crippen molar-refractivity contribution in [1.82, 2.24) is 14.9 Å². The lowest BCUT2D eigenvalue weighted by molar-refractivity contribution is 0.270. The number of nitrogens with zero attached hydrogens (tertiary/aromatic N) is 4. The first-order valence-corrected chi connectivity index (χ1v) is 7.10. The van der Waals surface area contributed by atoms with E-state index in [0.29, 0.717) is 16.7 Å². The van der Waals surface area contributed by atoms with Crippen molar-refractivity contribution in [2.45, 2.75) is 25.8 Å². The van der Waals surface area contributed by atoms with Gasteiger partial charge in [-0.15, -0.1) is 0 Å². The largest absolute Gasteiger partial charge is 0.388 e. The summed E-state index contributed by atoms with van der Waals surface area (Å²) in [4.78, 5) is 13.5. The van der Waals surface area contributed by atoms with E-state index in [2.05, 4.69) is 26.7 Å². The zero-order valence-corrected chi connectivity index (χ0v) is 12.4. The van der Waals surface area contributed by atoms with Gasteiger partial charge in [-0.05, 0) is 25.9 Å². The number of likely N-dealkylation sites (tertiary alicyclic amines) is 1. The topological polar surface area (TPSA) is 58.3 Å². The predicted octanol–water partition coefficient (Wildman–Crippen LogP) is 1.03. The van der Waals surface area contributed by atoms with Crippen molar-refractivity contribution in [3.8, 4) is 0 Å². The summed E-state index contributed by atoms with van der Waals surface area (Å²) in [6.07, 6.45) is 5.81. The van der Waals surface area contributed by atoms with Gasteiger partial charge in [-0.2, -0.15) is 0 Å². The number of aromatic nitrogens is 2. The van der Waals surface area contributed by atoms with Crippen LogP contribution in [0.2, 0.25) is 0 Å². The van der Waals surface area contributed by atoms with E-state index in [9.17, 15) is 0 Å². The van der Waals surface area contributed by atoms with E-state index in [1.165, 1.54) is 19.4 Å². The highest BCUT2D eigenvalue weighted by Gasteiger charge is 2.25. The number of anilines is 1. The highest BCUT2D eigenvalue weighted by atomic mass is 32.1. The van der Waals surface area contributed by atoms with Crippen LogP contribution in [0.5, 0.6) is 0 Å². The molecule has 1 aromatic heterocycles. The van der Waals surface area contributed by atoms with Crippen LogP contribution in [0, 0.1) is 0 Å². The molecule has 2 heterocycles. The Morgan fingerprint density at radius 1 is 1.53 bits per heavy atom. The monoisotopic (exact) mass is 279 g/mol. The number of nitrogens with two attached hydrogens (primary N) is 1. The molecule has 0 radical (unpaired) electrons. The van der Waals surface area contributed by atoms with E-state index in [1.807, 2.05) is 7.05 Å². The number of hydrogen-bond donors (Lipinski definition) is 1. The van der Waals surface area contributed by atoms with Gasteiger partial charge in [0.2, 0.25) is 0 Å². The van der Waals surface area contributed by atoms with Gasteiger partial charge in [-0.3, -0.25) is 4.90 Å². The van der Waals surface area contributed by atoms with Crippen molar-refractivity contribution in [1.29, 1.82) is 0 Å². The molecule has 5 nitrogen and oxygen atoms in total. The maximum absolute atomic E-state index is 5.71. The van der Waals surface area contributed by atoms with Crippen LogP contribution in [0.3, 0.4) is 0 Å². The number of likely N-dealkylation sites (N-methyl/N-ethyl adjacent to an activating group) is 2. The Labute approximate surface area is 119 Å². The SMILES string of the molecule is CCN1CCCC1CN(C)c1nccnc1C(N)=S. The van der Waals surface area contributed by atoms with Crippen LogP contribution in [0.1, 0.15) is 25.5 Å². The molecule has 0 bridgehead atoms. The zero-order chi connectivity index (χ0) is 13.8. The quantitative estimate of drug-likeness (QED) is 0.813. The standard InChI is InChI=1S/C13H21N5S/c1-3-18-8-4-5-10(18)9-17(2)13-11(12(14)19)15-6-7-16-13/h6-7,10H,3-5,8-9H2,1-2H3,(H2,14,19). The van der Waals surface area contributed by atoms with Crippen LogP contribution in [0.15, 0.2) is 12.4 Å². The van der Waals surface area contributed by atoms with Crippen LogP contribution >= 0.6 is 12.2 Å². The molecule has 1 atom stereocenters. The normalized spacial score (nSPS) is 19.6. The predicted molar refractivity (Wildman–Crippen MR) is 81.5 cm³/mol. The summed E-state index contributed by atoms with van der Waals surface area (Å²) in [7, 11) is 2.03. The third kappa shape index (κ3) is 3.19. The van der Waals surface area contributed by atoms with Gasteiger partial charge in [-0.1, -0.05) is 19.1 Å². The molecule has 1 fully saturated rings. The molecule has 1 aliphatic heterocycles. The van der Waals surface area contributed by atoms with Crippen LogP contribution < -0.4 is 10.6 Å². The van der Waals surface area contributed by atoms with Gasteiger partial charge in [0.15, 0.2) is 5.82 Å². The molecule has 1 saturated heterocycles. The minimum Gasteiger partial charge on any atom is -0.388 e. The van der Waals surface area contributed by atoms with E-state index in [-0.39, 0.29) is 0 Å². The van der Waals surface area contributed by atoms with E-state index >= 15 is 0 Å². The summed E-state index contributed by atoms with van der Waals surface area (Å²) >= 11 is 5.04. The van der Waals surface area contributed by atoms with Gasteiger partial charge >= 0.3 is 0 Å². The van der Waals surface area contributed by atoms with Gasteiger partial charge in [0.25, 0.3) is 0 Å². The average molecular weight is 279 g/mol. The Hall–Kier alpha value is -1.27. The minimum absolute atomic E-state index is 0.300. The zero-order valence-electron chi connectivity index (χ0n) is 11.5. The molecule has 1 unspecified atom stereocenters. The number of rotatable bonds is 5. The van der Waals surface area contributed by atoms with Crippen molar-refractivity contribution < 1.29 is 0 Å². The smallest absolute Gasteiger partial charge is 0.157 e. The van der Waals surface area contributed by atoms with Crippen LogP contribution in [0.25, 0.3) is 0 Å². The van der Waals surface area contributed by atoms with Gasteiger partial charge in [0.05, 0.1) is 0 Å². The van der Waals surface area contributed by atoms with Crippen LogP contribution in [-0.4, -0.2) is 52.6 Å². The highest BCUT2D eigenvalue weighted by molar-refractivity contribution is 7.80. The molecule has 104 valence electrons. The van der Waals surface area contributed by atoms with Gasteiger partial charge < -0.3 is 10.6 Å². The van der Waals surface area contributed by atoms with Crippen molar-refractivity contribution >= 4 is 23.0 Å². The Morgan fingerprint density at radius 3 is 2.95 bits per heavy atom. The Morgan fingerprint density at radius 2 is 2.26 bits per heavy atom. The summed E-state index contributed by atoms with van der Waals surface area (Å²) < 4.78 is 0. The van der Waals surface area contributed by atoms with E-state index < -0.39 is 0 Å². The second-order valence-corrected chi connectivity index (χ2v) is 5.34. The second-order valence-electron chi connectivity index (χ2n) is 4.90. The molecule has 0 aromatic carbocycles. The Bertz CT molecular complexity index is 450. The fourth-order valence-electron chi connectivity index (χ4n) is 2.70. The van der Waals surface area contributed by atoms with Crippen LogP contribution in [-0.2, 0) is 0 Å². The second kappa shape index (κ2) is 6.25. The number of hydrogen-bond acceptors (Lipinski definition) is 5. The maximum atomic E-state index is 5.71. The minimum atomic E-state index is 0.300. The molecule has 6 heteroatoms. The third-order valence-electron chi connectivity index (χ3n) is 3.66. The molecule has 0 amide bonds. The van der Waals surface area contributed by atoms with Gasteiger partial charge in [0, 0.05) is 32.0 Å². The van der Waals surface area contributed by atoms with Gasteiger partial charge in [-0.25, -0.2) is 9.97 Å². The van der Waals surface area contributed by atoms with Crippen molar-refractivity contribution in [2.24, 2.45) is 5.73 Å². The molecule has 1 aromatic rings. The van der Waals surface area contributed by atoms with Crippen molar-refractivity contribution in [3.05, 3.63) is 18.1 Å². The van der Waals surface area contributed by atoms with Crippen molar-refractivity contribution in [2.75, 3.05) is 31.6 Å². The van der Waals surface area contributed by atoms with E-state index in [1.54, 1.807) is 12.4 Å². The van der Waals surface area contributed by atoms with E-state index in [0.717, 1.165) is 18.9 Å². The lowest BCUT2D eigenvalue weighted by Gasteiger charge is -2.28. The average Bonchev–Trinajstić information content (AvgIpc) is 2.85. The van der Waals surface area contributed by atoms with Gasteiger partial charge in [0.1, 0.15) is 10.7 Å². The molecule has 1 aliphatic rings. The van der Waals surface area contributed by atoms with Crippen molar-refractivity contribution in [3.63, 3.8) is 0 Å². The summed E-state index contributed by atoms with van der Waals surface area (Å²) in [5, 5.41) is 0. The lowest BCUT2D eigenvalue weighted by atomic mass is 10.2. The molecular weight excluding hydrogens is 258 g/mol. The molecule has 2 rings (SSSR count). The highest BCUT2D eigenvalue weighted by Crippen LogP contribution is 2.20. The van der Waals surface area contributed by atoms with Crippen LogP contribution in [0.4, 0.5) is 5.82 Å². The molecule has 0 saturated carbocycles. The first-order valence-electron chi connectivity index (χ1n) is 6.69. The number of thiocarbonyl (C=S) groups is 1. The first-order chi connectivity index (χ1) is 9.13. The molecular formula is C13H21N5S. The fraction of sp³-hybridized carbons (Fsp3) is 0.615. The lowest BCUT2D eigenvalue weighted by Crippen LogP contribution is -2.39. The fourth-order valence-corrected chi connectivity index (χ4v) is 2.85. The summed E-state index contributed by atoms with van der Waals surface area (Å²) in [5.74, 6) is 0.776. The maximum Gasteiger partial charge on any atom is 0.157 e. The molecule has 0 aliphatic carbocycles. The van der Waals surface area contributed by atoms with E-state index in [4.69, 9.17) is 18.0 Å². The first kappa shape index (κ1) is 14.1. The molecule has 19 heavy (non-hydrogen) atoms.